The van der Waals surface area contributed by atoms with E-state index in [9.17, 15) is 40.3 Å². The van der Waals surface area contributed by atoms with Crippen LogP contribution < -0.4 is 5.32 Å². The summed E-state index contributed by atoms with van der Waals surface area (Å²) in [5.74, 6) is -1.46. The number of hydrogen-bond acceptors (Lipinski definition) is 4. The molecule has 6 nitrogen and oxygen atoms in total. The molecular formula is C21H18F7N3O3. The predicted molar refractivity (Wildman–Crippen MR) is 103 cm³/mol. The number of carbonyl (C=O) groups is 2. The maximum Gasteiger partial charge on any atom is 0.416 e. The van der Waals surface area contributed by atoms with Crippen LogP contribution in [0.3, 0.4) is 0 Å². The van der Waals surface area contributed by atoms with Crippen LogP contribution in [0.2, 0.25) is 0 Å². The Morgan fingerprint density at radius 2 is 1.47 bits per heavy atom. The van der Waals surface area contributed by atoms with Crippen LogP contribution in [-0.4, -0.2) is 42.7 Å². The average molecular weight is 493 g/mol. The van der Waals surface area contributed by atoms with Crippen LogP contribution in [0.15, 0.2) is 42.5 Å². The van der Waals surface area contributed by atoms with E-state index in [0.717, 1.165) is 17.1 Å². The highest BCUT2D eigenvalue weighted by Crippen LogP contribution is 2.37. The number of rotatable bonds is 6. The summed E-state index contributed by atoms with van der Waals surface area (Å²) in [6.45, 7) is -1.38. The smallest absolute Gasteiger partial charge is 0.373 e. The molecule has 1 saturated heterocycles. The number of imide groups is 1. The molecule has 2 aromatic rings. The van der Waals surface area contributed by atoms with E-state index in [1.807, 2.05) is 0 Å². The first-order valence-electron chi connectivity index (χ1n) is 9.61. The fraction of sp³-hybridized carbons (Fsp3) is 0.333. The number of benzene rings is 2. The lowest BCUT2D eigenvalue weighted by molar-refractivity contribution is -0.143. The number of amides is 3. The zero-order chi connectivity index (χ0) is 25.5. The molecule has 1 heterocycles. The van der Waals surface area contributed by atoms with Crippen LogP contribution in [0.25, 0.3) is 0 Å². The molecule has 13 heteroatoms. The quantitative estimate of drug-likeness (QED) is 0.482. The van der Waals surface area contributed by atoms with Crippen LogP contribution in [-0.2, 0) is 34.0 Å². The third kappa shape index (κ3) is 4.99. The summed E-state index contributed by atoms with van der Waals surface area (Å²) in [5.41, 5.74) is -5.26. The fourth-order valence-corrected chi connectivity index (χ4v) is 3.46. The molecule has 1 unspecified atom stereocenters. The van der Waals surface area contributed by atoms with Gasteiger partial charge in [0.25, 0.3) is 5.91 Å². The van der Waals surface area contributed by atoms with E-state index in [-0.39, 0.29) is 11.6 Å². The highest BCUT2D eigenvalue weighted by molar-refractivity contribution is 6.07. The Morgan fingerprint density at radius 1 is 0.941 bits per heavy atom. The molecule has 0 aliphatic carbocycles. The van der Waals surface area contributed by atoms with Gasteiger partial charge in [0.05, 0.1) is 24.3 Å². The van der Waals surface area contributed by atoms with Crippen LogP contribution in [0.4, 0.5) is 35.5 Å². The second kappa shape index (κ2) is 8.87. The van der Waals surface area contributed by atoms with Gasteiger partial charge < -0.3 is 10.1 Å². The molecule has 0 radical (unpaired) electrons. The van der Waals surface area contributed by atoms with Gasteiger partial charge in [-0.05, 0) is 41.5 Å². The summed E-state index contributed by atoms with van der Waals surface area (Å²) < 4.78 is 97.3. The minimum Gasteiger partial charge on any atom is -0.373 e. The van der Waals surface area contributed by atoms with Crippen LogP contribution >= 0.6 is 0 Å². The van der Waals surface area contributed by atoms with Gasteiger partial charge in [0.15, 0.2) is 5.54 Å². The minimum atomic E-state index is -5.03. The number of halogens is 7. The van der Waals surface area contributed by atoms with Gasteiger partial charge in [-0.2, -0.15) is 31.4 Å². The lowest BCUT2D eigenvalue weighted by atomic mass is 9.90. The van der Waals surface area contributed by atoms with Gasteiger partial charge in [-0.3, -0.25) is 4.79 Å². The van der Waals surface area contributed by atoms with E-state index >= 15 is 0 Å². The van der Waals surface area contributed by atoms with Gasteiger partial charge in [0.1, 0.15) is 5.82 Å². The van der Waals surface area contributed by atoms with Crippen molar-refractivity contribution in [1.29, 1.82) is 0 Å². The molecule has 0 spiro atoms. The second-order valence-electron chi connectivity index (χ2n) is 7.71. The molecule has 1 aliphatic rings. The summed E-state index contributed by atoms with van der Waals surface area (Å²) in [7, 11) is 2.81. The molecule has 3 amide bonds. The molecule has 0 saturated carbocycles. The summed E-state index contributed by atoms with van der Waals surface area (Å²) in [4.78, 5) is 25.5. The molecule has 1 N–H and O–H groups in total. The Morgan fingerprint density at radius 3 is 1.91 bits per heavy atom. The number of carbonyl (C=O) groups excluding carboxylic acids is 2. The SMILES string of the molecule is CN(C)N1C(=O)NC(COCc2cc(C(F)(F)F)cc(C(F)(F)F)c2)(c2ccc(F)cc2)C1=O. The normalized spacial score (nSPS) is 19.2. The van der Waals surface area contributed by atoms with E-state index in [1.165, 1.54) is 31.2 Å². The number of ether oxygens (including phenoxy) is 1. The maximum absolute atomic E-state index is 13.4. The Labute approximate surface area is 188 Å². The maximum atomic E-state index is 13.4. The zero-order valence-corrected chi connectivity index (χ0v) is 17.7. The van der Waals surface area contributed by atoms with Crippen molar-refractivity contribution in [3.8, 4) is 0 Å². The number of urea groups is 1. The summed E-state index contributed by atoms with van der Waals surface area (Å²) in [6, 6.07) is 4.61. The Kier molecular flexibility index (Phi) is 6.64. The van der Waals surface area contributed by atoms with Gasteiger partial charge in [-0.15, -0.1) is 0 Å². The van der Waals surface area contributed by atoms with Crippen LogP contribution in [0.5, 0.6) is 0 Å². The molecular weight excluding hydrogens is 475 g/mol. The first-order valence-corrected chi connectivity index (χ1v) is 9.61. The van der Waals surface area contributed by atoms with Crippen molar-refractivity contribution in [2.45, 2.75) is 24.5 Å². The summed E-state index contributed by atoms with van der Waals surface area (Å²) >= 11 is 0. The minimum absolute atomic E-state index is 0.0147. The number of hydrazine groups is 1. The van der Waals surface area contributed by atoms with Crippen molar-refractivity contribution in [3.63, 3.8) is 0 Å². The molecule has 1 fully saturated rings. The van der Waals surface area contributed by atoms with Crippen molar-refractivity contribution in [2.24, 2.45) is 0 Å². The van der Waals surface area contributed by atoms with E-state index in [2.05, 4.69) is 5.32 Å². The third-order valence-corrected chi connectivity index (χ3v) is 5.04. The lowest BCUT2D eigenvalue weighted by Gasteiger charge is -2.28. The van der Waals surface area contributed by atoms with Crippen molar-refractivity contribution in [1.82, 2.24) is 15.3 Å². The molecule has 184 valence electrons. The molecule has 0 bridgehead atoms. The molecule has 0 aromatic heterocycles. The molecule has 2 aromatic carbocycles. The largest absolute Gasteiger partial charge is 0.416 e. The topological polar surface area (TPSA) is 61.9 Å². The van der Waals surface area contributed by atoms with E-state index in [1.54, 1.807) is 0 Å². The van der Waals surface area contributed by atoms with E-state index in [4.69, 9.17) is 4.74 Å². The highest BCUT2D eigenvalue weighted by atomic mass is 19.4. The Balaban J connectivity index is 1.93. The van der Waals surface area contributed by atoms with Gasteiger partial charge in [-0.25, -0.2) is 14.2 Å². The van der Waals surface area contributed by atoms with Crippen molar-refractivity contribution < 1.29 is 45.1 Å². The lowest BCUT2D eigenvalue weighted by Crippen LogP contribution is -2.49. The standard InChI is InChI=1S/C21H18F7N3O3/c1-30(2)31-17(32)19(29-18(31)33,13-3-5-16(22)6-4-13)11-34-10-12-7-14(20(23,24)25)9-15(8-12)21(26,27)28/h3-9H,10-11H2,1-2H3,(H,29,33). The number of nitrogens with zero attached hydrogens (tertiary/aromatic N) is 2. The summed E-state index contributed by atoms with van der Waals surface area (Å²) in [5, 5.41) is 4.34. The van der Waals surface area contributed by atoms with Gasteiger partial charge >= 0.3 is 18.4 Å². The Bertz CT molecular complexity index is 1050. The van der Waals surface area contributed by atoms with Crippen molar-refractivity contribution in [3.05, 3.63) is 70.5 Å². The van der Waals surface area contributed by atoms with Gasteiger partial charge in [0.2, 0.25) is 0 Å². The van der Waals surface area contributed by atoms with Crippen molar-refractivity contribution in [2.75, 3.05) is 20.7 Å². The van der Waals surface area contributed by atoms with Gasteiger partial charge in [-0.1, -0.05) is 12.1 Å². The molecule has 1 atom stereocenters. The summed E-state index contributed by atoms with van der Waals surface area (Å²) in [6.07, 6.45) is -10.1. The number of nitrogens with one attached hydrogen (secondary N) is 1. The predicted octanol–water partition coefficient (Wildman–Crippen LogP) is 4.30. The van der Waals surface area contributed by atoms with E-state index in [0.29, 0.717) is 12.1 Å². The first-order chi connectivity index (χ1) is 15.6. The highest BCUT2D eigenvalue weighted by Gasteiger charge is 2.54. The fourth-order valence-electron chi connectivity index (χ4n) is 3.46. The van der Waals surface area contributed by atoms with Gasteiger partial charge in [0, 0.05) is 14.1 Å². The zero-order valence-electron chi connectivity index (χ0n) is 17.7. The van der Waals surface area contributed by atoms with Crippen molar-refractivity contribution >= 4 is 11.9 Å². The molecule has 1 aliphatic heterocycles. The monoisotopic (exact) mass is 493 g/mol. The molecule has 3 rings (SSSR count). The third-order valence-electron chi connectivity index (χ3n) is 5.04. The number of hydrogen-bond donors (Lipinski definition) is 1. The Hall–Kier alpha value is -3.19. The second-order valence-corrected chi connectivity index (χ2v) is 7.71. The number of alkyl halides is 6. The average Bonchev–Trinajstić information content (AvgIpc) is 2.97. The van der Waals surface area contributed by atoms with Crippen LogP contribution in [0.1, 0.15) is 22.3 Å². The van der Waals surface area contributed by atoms with E-state index < -0.39 is 65.6 Å². The first kappa shape index (κ1) is 25.4. The van der Waals surface area contributed by atoms with Crippen LogP contribution in [0, 0.1) is 5.82 Å². The molecule has 34 heavy (non-hydrogen) atoms.